The van der Waals surface area contributed by atoms with E-state index in [2.05, 4.69) is 20.6 Å². The quantitative estimate of drug-likeness (QED) is 0.843. The molecule has 0 radical (unpaired) electrons. The van der Waals surface area contributed by atoms with Crippen LogP contribution in [-0.2, 0) is 6.42 Å². The third kappa shape index (κ3) is 4.52. The molecule has 24 heavy (non-hydrogen) atoms. The van der Waals surface area contributed by atoms with Crippen molar-refractivity contribution in [3.05, 3.63) is 54.0 Å². The number of carbonyl (C=O) groups is 1. The molecule has 2 N–H and O–H groups in total. The lowest BCUT2D eigenvalue weighted by Gasteiger charge is -2.24. The van der Waals surface area contributed by atoms with Gasteiger partial charge in [0, 0.05) is 31.1 Å². The number of hydrogen-bond donors (Lipinski definition) is 2. The molecule has 1 saturated heterocycles. The average Bonchev–Trinajstić information content (AvgIpc) is 2.64. The van der Waals surface area contributed by atoms with Crippen LogP contribution in [0.15, 0.2) is 42.7 Å². The zero-order valence-corrected chi connectivity index (χ0v) is 13.6. The number of amides is 1. The van der Waals surface area contributed by atoms with E-state index in [1.54, 1.807) is 24.5 Å². The third-order valence-electron chi connectivity index (χ3n) is 3.97. The molecule has 6 heteroatoms. The van der Waals surface area contributed by atoms with Crippen molar-refractivity contribution in [2.45, 2.75) is 25.4 Å². The molecule has 0 unspecified atom stereocenters. The number of aromatic nitrogens is 2. The van der Waals surface area contributed by atoms with Crippen LogP contribution >= 0.6 is 0 Å². The molecule has 3 rings (SSSR count). The van der Waals surface area contributed by atoms with Gasteiger partial charge in [-0.2, -0.15) is 0 Å². The van der Waals surface area contributed by atoms with Crippen molar-refractivity contribution < 1.29 is 9.53 Å². The van der Waals surface area contributed by atoms with E-state index in [0.29, 0.717) is 24.4 Å². The average molecular weight is 326 g/mol. The van der Waals surface area contributed by atoms with E-state index in [1.807, 2.05) is 18.2 Å². The molecule has 1 aliphatic heterocycles. The smallest absolute Gasteiger partial charge is 0.256 e. The Morgan fingerprint density at radius 3 is 2.79 bits per heavy atom. The zero-order valence-electron chi connectivity index (χ0n) is 13.6. The van der Waals surface area contributed by atoms with E-state index in [9.17, 15) is 4.79 Å². The highest BCUT2D eigenvalue weighted by Crippen LogP contribution is 2.19. The van der Waals surface area contributed by atoms with Gasteiger partial charge in [0.25, 0.3) is 5.91 Å². The van der Waals surface area contributed by atoms with Gasteiger partial charge in [-0.1, -0.05) is 6.07 Å². The number of piperidine rings is 1. The first kappa shape index (κ1) is 16.4. The lowest BCUT2D eigenvalue weighted by atomic mass is 10.1. The summed E-state index contributed by atoms with van der Waals surface area (Å²) in [6.45, 7) is 2.39. The van der Waals surface area contributed by atoms with Crippen LogP contribution in [0.4, 0.5) is 0 Å². The summed E-state index contributed by atoms with van der Waals surface area (Å²) in [5.74, 6) is 0.253. The van der Waals surface area contributed by atoms with E-state index in [1.165, 1.54) is 0 Å². The van der Waals surface area contributed by atoms with E-state index in [0.717, 1.165) is 31.6 Å². The summed E-state index contributed by atoms with van der Waals surface area (Å²) in [6.07, 6.45) is 6.07. The Bertz CT molecular complexity index is 657. The maximum atomic E-state index is 12.4. The Kier molecular flexibility index (Phi) is 5.74. The van der Waals surface area contributed by atoms with Crippen molar-refractivity contribution >= 4 is 5.91 Å². The van der Waals surface area contributed by atoms with Gasteiger partial charge in [0.15, 0.2) is 0 Å². The van der Waals surface area contributed by atoms with Crippen LogP contribution in [0, 0.1) is 0 Å². The summed E-state index contributed by atoms with van der Waals surface area (Å²) < 4.78 is 5.95. The van der Waals surface area contributed by atoms with Crippen LogP contribution in [0.2, 0.25) is 0 Å². The number of rotatable bonds is 6. The first-order chi connectivity index (χ1) is 11.8. The fourth-order valence-corrected chi connectivity index (χ4v) is 2.67. The van der Waals surface area contributed by atoms with E-state index < -0.39 is 0 Å². The van der Waals surface area contributed by atoms with Crippen LogP contribution in [0.5, 0.6) is 5.88 Å². The minimum atomic E-state index is -0.164. The third-order valence-corrected chi connectivity index (χ3v) is 3.97. The van der Waals surface area contributed by atoms with Crippen LogP contribution in [0.1, 0.15) is 28.9 Å². The Balaban J connectivity index is 1.57. The molecule has 6 nitrogen and oxygen atoms in total. The maximum Gasteiger partial charge on any atom is 0.256 e. The second-order valence-electron chi connectivity index (χ2n) is 5.75. The van der Waals surface area contributed by atoms with Crippen LogP contribution in [0.3, 0.4) is 0 Å². The van der Waals surface area contributed by atoms with Gasteiger partial charge >= 0.3 is 0 Å². The molecule has 3 heterocycles. The minimum absolute atomic E-state index is 0.112. The molecule has 0 bridgehead atoms. The number of carbonyl (C=O) groups excluding carboxylic acids is 1. The largest absolute Gasteiger partial charge is 0.474 e. The van der Waals surface area contributed by atoms with Crippen molar-refractivity contribution in [2.75, 3.05) is 19.6 Å². The zero-order chi connectivity index (χ0) is 16.6. The number of pyridine rings is 2. The molecule has 1 amide bonds. The Morgan fingerprint density at radius 1 is 1.17 bits per heavy atom. The Labute approximate surface area is 141 Å². The minimum Gasteiger partial charge on any atom is -0.474 e. The lowest BCUT2D eigenvalue weighted by molar-refractivity contribution is 0.0940. The fraction of sp³-hybridized carbons (Fsp3) is 0.389. The second-order valence-corrected chi connectivity index (χ2v) is 5.75. The van der Waals surface area contributed by atoms with Gasteiger partial charge < -0.3 is 15.4 Å². The summed E-state index contributed by atoms with van der Waals surface area (Å²) in [7, 11) is 0. The fourth-order valence-electron chi connectivity index (χ4n) is 2.67. The summed E-state index contributed by atoms with van der Waals surface area (Å²) >= 11 is 0. The van der Waals surface area contributed by atoms with Gasteiger partial charge in [-0.25, -0.2) is 4.98 Å². The SMILES string of the molecule is O=C(NCCc1ccccn1)c1cccnc1OC1CCNCC1. The lowest BCUT2D eigenvalue weighted by Crippen LogP contribution is -2.35. The van der Waals surface area contributed by atoms with E-state index in [-0.39, 0.29) is 12.0 Å². The molecule has 0 aliphatic carbocycles. The first-order valence-corrected chi connectivity index (χ1v) is 8.33. The monoisotopic (exact) mass is 326 g/mol. The topological polar surface area (TPSA) is 76.1 Å². The molecule has 0 saturated carbocycles. The van der Waals surface area contributed by atoms with Crippen molar-refractivity contribution in [1.29, 1.82) is 0 Å². The Hall–Kier alpha value is -2.47. The highest BCUT2D eigenvalue weighted by Gasteiger charge is 2.19. The van der Waals surface area contributed by atoms with Gasteiger partial charge in [-0.05, 0) is 50.2 Å². The second kappa shape index (κ2) is 8.40. The van der Waals surface area contributed by atoms with Gasteiger partial charge in [0.05, 0.1) is 0 Å². The van der Waals surface area contributed by atoms with Crippen LogP contribution in [0.25, 0.3) is 0 Å². The van der Waals surface area contributed by atoms with Crippen LogP contribution < -0.4 is 15.4 Å². The number of hydrogen-bond acceptors (Lipinski definition) is 5. The van der Waals surface area contributed by atoms with Crippen molar-refractivity contribution in [3.8, 4) is 5.88 Å². The molecule has 2 aromatic heterocycles. The molecule has 0 spiro atoms. The summed E-state index contributed by atoms with van der Waals surface area (Å²) in [6, 6.07) is 9.27. The van der Waals surface area contributed by atoms with Gasteiger partial charge in [0.1, 0.15) is 11.7 Å². The van der Waals surface area contributed by atoms with E-state index >= 15 is 0 Å². The molecule has 1 aliphatic rings. The van der Waals surface area contributed by atoms with Crippen LogP contribution in [-0.4, -0.2) is 41.6 Å². The predicted octanol–water partition coefficient (Wildman–Crippen LogP) is 1.58. The van der Waals surface area contributed by atoms with Gasteiger partial charge in [0.2, 0.25) is 5.88 Å². The standard InChI is InChI=1S/C18H22N4O2/c23-17(21-13-6-14-4-1-2-9-20-14)16-5-3-10-22-18(16)24-15-7-11-19-12-8-15/h1-5,9-10,15,19H,6-8,11-13H2,(H,21,23). The molecule has 2 aromatic rings. The number of ether oxygens (including phenoxy) is 1. The van der Waals surface area contributed by atoms with Crippen molar-refractivity contribution in [1.82, 2.24) is 20.6 Å². The Morgan fingerprint density at radius 2 is 2.00 bits per heavy atom. The van der Waals surface area contributed by atoms with E-state index in [4.69, 9.17) is 4.74 Å². The molecular formula is C18H22N4O2. The number of nitrogens with zero attached hydrogens (tertiary/aromatic N) is 2. The molecule has 0 aromatic carbocycles. The maximum absolute atomic E-state index is 12.4. The van der Waals surface area contributed by atoms with Crippen molar-refractivity contribution in [3.63, 3.8) is 0 Å². The molecule has 126 valence electrons. The highest BCUT2D eigenvalue weighted by molar-refractivity contribution is 5.96. The molecular weight excluding hydrogens is 304 g/mol. The van der Waals surface area contributed by atoms with Gasteiger partial charge in [-0.15, -0.1) is 0 Å². The summed E-state index contributed by atoms with van der Waals surface area (Å²) in [4.78, 5) is 20.9. The number of nitrogens with one attached hydrogen (secondary N) is 2. The molecule has 0 atom stereocenters. The molecule has 1 fully saturated rings. The summed E-state index contributed by atoms with van der Waals surface area (Å²) in [5, 5.41) is 6.21. The van der Waals surface area contributed by atoms with Crippen molar-refractivity contribution in [2.24, 2.45) is 0 Å². The summed E-state index contributed by atoms with van der Waals surface area (Å²) in [5.41, 5.74) is 1.44. The highest BCUT2D eigenvalue weighted by atomic mass is 16.5. The predicted molar refractivity (Wildman–Crippen MR) is 91.0 cm³/mol. The first-order valence-electron chi connectivity index (χ1n) is 8.33. The normalized spacial score (nSPS) is 15.0. The van der Waals surface area contributed by atoms with Gasteiger partial charge in [-0.3, -0.25) is 9.78 Å².